The average Bonchev–Trinajstić information content (AvgIpc) is 3.33. The molecule has 0 aliphatic rings. The Kier molecular flexibility index (Phi) is 49.1. The molecule has 2 N–H and O–H groups in total. The van der Waals surface area contributed by atoms with Crippen LogP contribution in [0.5, 0.6) is 0 Å². The van der Waals surface area contributed by atoms with E-state index in [9.17, 15) is 19.0 Å². The van der Waals surface area contributed by atoms with Gasteiger partial charge < -0.3 is 19.4 Å². The van der Waals surface area contributed by atoms with Gasteiger partial charge in [-0.2, -0.15) is 0 Å². The van der Waals surface area contributed by atoms with Gasteiger partial charge in [0.15, 0.2) is 0 Å². The molecule has 0 fully saturated rings. The van der Waals surface area contributed by atoms with Crippen LogP contribution in [0.3, 0.4) is 0 Å². The summed E-state index contributed by atoms with van der Waals surface area (Å²) in [7, 11) is 1.48. The zero-order valence-electron chi connectivity index (χ0n) is 47.0. The molecule has 0 heterocycles. The second-order valence-corrected chi connectivity index (χ2v) is 22.3. The van der Waals surface area contributed by atoms with Crippen molar-refractivity contribution in [3.63, 3.8) is 0 Å². The summed E-state index contributed by atoms with van der Waals surface area (Å²) in [5.74, 6) is -0.528. The van der Waals surface area contributed by atoms with E-state index in [1.807, 2.05) is 33.3 Å². The number of likely N-dealkylation sites (N-methyl/N-ethyl adjacent to an activating group) is 1. The Labute approximate surface area is 438 Å². The van der Waals surface area contributed by atoms with Gasteiger partial charge in [0.05, 0.1) is 33.8 Å². The summed E-state index contributed by atoms with van der Waals surface area (Å²) >= 11 is 0. The number of allylic oxidation sites excluding steroid dienone is 11. The number of phosphoric ester groups is 1. The highest BCUT2D eigenvalue weighted by Crippen LogP contribution is 2.43. The smallest absolute Gasteiger partial charge is 0.456 e. The Morgan fingerprint density at radius 2 is 0.958 bits per heavy atom. The second-order valence-electron chi connectivity index (χ2n) is 20.8. The summed E-state index contributed by atoms with van der Waals surface area (Å²) in [5, 5.41) is 3.04. The molecule has 0 saturated carbocycles. The van der Waals surface area contributed by atoms with Crippen LogP contribution in [-0.2, 0) is 27.9 Å². The number of carbonyl (C=O) groups excluding carboxylic acids is 2. The van der Waals surface area contributed by atoms with Gasteiger partial charge in [0.25, 0.3) is 0 Å². The number of rotatable bonds is 52. The predicted molar refractivity (Wildman–Crippen MR) is 305 cm³/mol. The minimum Gasteiger partial charge on any atom is -0.456 e. The summed E-state index contributed by atoms with van der Waals surface area (Å²) < 4.78 is 30.6. The van der Waals surface area contributed by atoms with E-state index in [2.05, 4.69) is 86.8 Å². The van der Waals surface area contributed by atoms with Gasteiger partial charge in [-0.1, -0.05) is 229 Å². The van der Waals surface area contributed by atoms with E-state index in [0.717, 1.165) is 96.3 Å². The van der Waals surface area contributed by atoms with Crippen molar-refractivity contribution in [2.24, 2.45) is 0 Å². The number of carbonyl (C=O) groups is 2. The largest absolute Gasteiger partial charge is 0.472 e. The molecule has 0 rings (SSSR count). The van der Waals surface area contributed by atoms with E-state index < -0.39 is 20.0 Å². The van der Waals surface area contributed by atoms with Gasteiger partial charge in [-0.05, 0) is 83.1 Å². The summed E-state index contributed by atoms with van der Waals surface area (Å²) in [5.41, 5.74) is 0. The van der Waals surface area contributed by atoms with Crippen LogP contribution in [0, 0.1) is 0 Å². The number of amides is 1. The Morgan fingerprint density at radius 1 is 0.521 bits per heavy atom. The molecule has 71 heavy (non-hydrogen) atoms. The van der Waals surface area contributed by atoms with Crippen LogP contribution in [0.15, 0.2) is 72.9 Å². The average molecular weight is 1020 g/mol. The quantitative estimate of drug-likeness (QED) is 0.0156. The Hall–Kier alpha value is -2.55. The normalized spacial score (nSPS) is 14.3. The maximum Gasteiger partial charge on any atom is 0.472 e. The van der Waals surface area contributed by atoms with Crippen molar-refractivity contribution in [3.8, 4) is 0 Å². The molecule has 9 nitrogen and oxygen atoms in total. The van der Waals surface area contributed by atoms with Crippen LogP contribution in [0.1, 0.15) is 252 Å². The second kappa shape index (κ2) is 51.0. The number of nitrogens with zero attached hydrogens (tertiary/aromatic N) is 1. The first-order valence-corrected chi connectivity index (χ1v) is 30.8. The molecule has 0 aliphatic heterocycles. The predicted octanol–water partition coefficient (Wildman–Crippen LogP) is 17.7. The Balaban J connectivity index is 5.38. The number of hydrogen-bond acceptors (Lipinski definition) is 6. The van der Waals surface area contributed by atoms with Gasteiger partial charge in [0.1, 0.15) is 19.3 Å². The van der Waals surface area contributed by atoms with Gasteiger partial charge in [-0.15, -0.1) is 0 Å². The minimum atomic E-state index is -4.45. The number of quaternary nitrogens is 1. The van der Waals surface area contributed by atoms with Crippen LogP contribution in [0.2, 0.25) is 0 Å². The van der Waals surface area contributed by atoms with Crippen LogP contribution in [0.25, 0.3) is 0 Å². The van der Waals surface area contributed by atoms with Gasteiger partial charge >= 0.3 is 13.8 Å². The fourth-order valence-corrected chi connectivity index (χ4v) is 8.88. The monoisotopic (exact) mass is 1020 g/mol. The fourth-order valence-electron chi connectivity index (χ4n) is 8.15. The zero-order valence-corrected chi connectivity index (χ0v) is 47.8. The number of ether oxygens (including phenoxy) is 1. The maximum absolute atomic E-state index is 13.5. The van der Waals surface area contributed by atoms with E-state index in [-0.39, 0.29) is 31.5 Å². The lowest BCUT2D eigenvalue weighted by Gasteiger charge is -2.27. The van der Waals surface area contributed by atoms with Crippen molar-refractivity contribution >= 4 is 19.7 Å². The maximum atomic E-state index is 13.5. The Morgan fingerprint density at radius 3 is 1.48 bits per heavy atom. The van der Waals surface area contributed by atoms with Crippen LogP contribution >= 0.6 is 7.82 Å². The molecule has 10 heteroatoms. The highest BCUT2D eigenvalue weighted by molar-refractivity contribution is 7.47. The molecule has 0 aliphatic carbocycles. The van der Waals surface area contributed by atoms with Gasteiger partial charge in [0, 0.05) is 12.8 Å². The number of nitrogens with one attached hydrogen (secondary N) is 1. The highest BCUT2D eigenvalue weighted by atomic mass is 31.2. The van der Waals surface area contributed by atoms with E-state index in [0.29, 0.717) is 17.4 Å². The van der Waals surface area contributed by atoms with Crippen molar-refractivity contribution in [3.05, 3.63) is 72.9 Å². The van der Waals surface area contributed by atoms with Gasteiger partial charge in [0.2, 0.25) is 5.91 Å². The van der Waals surface area contributed by atoms with Crippen molar-refractivity contribution in [1.82, 2.24) is 5.32 Å². The summed E-state index contributed by atoms with van der Waals surface area (Å²) in [4.78, 5) is 37.6. The first-order chi connectivity index (χ1) is 34.4. The molecule has 0 aromatic carbocycles. The van der Waals surface area contributed by atoms with Gasteiger partial charge in [-0.3, -0.25) is 18.6 Å². The number of hydrogen-bond donors (Lipinski definition) is 2. The van der Waals surface area contributed by atoms with Crippen LogP contribution in [-0.4, -0.2) is 74.3 Å². The minimum absolute atomic E-state index is 0.0341. The molecule has 0 aromatic heterocycles. The van der Waals surface area contributed by atoms with Crippen molar-refractivity contribution in [1.29, 1.82) is 0 Å². The van der Waals surface area contributed by atoms with Crippen LogP contribution in [0.4, 0.5) is 0 Å². The molecular formula is C61H112N2O7P+. The molecule has 412 valence electrons. The molecule has 0 aromatic rings. The van der Waals surface area contributed by atoms with E-state index in [1.165, 1.54) is 122 Å². The van der Waals surface area contributed by atoms with E-state index in [1.54, 1.807) is 0 Å². The third kappa shape index (κ3) is 52.1. The lowest BCUT2D eigenvalue weighted by atomic mass is 10.0. The zero-order chi connectivity index (χ0) is 52.2. The molecular weight excluding hydrogens is 904 g/mol. The number of esters is 1. The topological polar surface area (TPSA) is 111 Å². The lowest BCUT2D eigenvalue weighted by molar-refractivity contribution is -0.870. The van der Waals surface area contributed by atoms with E-state index in [4.69, 9.17) is 13.8 Å². The third-order valence-corrected chi connectivity index (χ3v) is 13.7. The molecule has 0 bridgehead atoms. The highest BCUT2D eigenvalue weighted by Gasteiger charge is 2.30. The molecule has 3 unspecified atom stereocenters. The molecule has 3 atom stereocenters. The SMILES string of the molecule is CC/C=C/C=C/C=C/CCCCCCCCCC(=O)OC(/C=C/CCCCCCCCCCCCC)C(COP(=O)(O)OCC[N+](C)(C)C)NC(=O)CCCCCCCCC/C=C\C/C=C\CCCCC. The fraction of sp³-hybridized carbons (Fsp3) is 0.770. The number of unbranched alkanes of at least 4 members (excludes halogenated alkanes) is 28. The van der Waals surface area contributed by atoms with Gasteiger partial charge in [-0.25, -0.2) is 4.57 Å². The van der Waals surface area contributed by atoms with Crippen molar-refractivity contribution < 1.29 is 37.3 Å². The summed E-state index contributed by atoms with van der Waals surface area (Å²) in [6.07, 6.45) is 64.6. The number of phosphoric acid groups is 1. The van der Waals surface area contributed by atoms with Crippen molar-refractivity contribution in [2.45, 2.75) is 264 Å². The summed E-state index contributed by atoms with van der Waals surface area (Å²) in [6.45, 7) is 6.84. The molecule has 0 radical (unpaired) electrons. The molecule has 0 saturated heterocycles. The lowest BCUT2D eigenvalue weighted by Crippen LogP contribution is -2.47. The van der Waals surface area contributed by atoms with E-state index >= 15 is 0 Å². The third-order valence-electron chi connectivity index (χ3n) is 12.7. The molecule has 0 spiro atoms. The summed E-state index contributed by atoms with van der Waals surface area (Å²) in [6, 6.07) is -0.859. The standard InChI is InChI=1S/C61H111N2O7P/c1-7-10-13-16-19-22-25-28-30-31-33-35-38-41-44-47-50-53-60(64)62-58(57-69-71(66,67)68-56-55-63(4,5)6)59(52-49-46-43-40-37-34-27-24-21-18-15-12-9-3)70-61(65)54-51-48-45-42-39-36-32-29-26-23-20-17-14-11-8-2/h11,14,17,19-20,22-23,26,28,30,49,52,58-59H,7-10,12-13,15-16,18,21,24-25,27,29,31-48,50-51,53-57H2,1-6H3,(H-,62,64,66,67)/p+1/b14-11+,20-17+,22-19-,26-23+,30-28-,52-49+. The van der Waals surface area contributed by atoms with Crippen LogP contribution < -0.4 is 5.32 Å². The Bertz CT molecular complexity index is 1450. The first kappa shape index (κ1) is 68.5. The van der Waals surface area contributed by atoms with Crippen molar-refractivity contribution in [2.75, 3.05) is 40.9 Å². The first-order valence-electron chi connectivity index (χ1n) is 29.3. The molecule has 1 amide bonds.